The van der Waals surface area contributed by atoms with Crippen molar-refractivity contribution >= 4 is 11.9 Å². The maximum absolute atomic E-state index is 11.6. The van der Waals surface area contributed by atoms with Gasteiger partial charge in [-0.05, 0) is 12.8 Å². The van der Waals surface area contributed by atoms with Gasteiger partial charge in [0.2, 0.25) is 5.91 Å². The van der Waals surface area contributed by atoms with Crippen LogP contribution < -0.4 is 0 Å². The van der Waals surface area contributed by atoms with Crippen molar-refractivity contribution in [2.75, 3.05) is 13.1 Å². The third-order valence-corrected chi connectivity index (χ3v) is 2.18. The maximum Gasteiger partial charge on any atom is 0.303 e. The number of hydrogen-bond donors (Lipinski definition) is 1. The minimum absolute atomic E-state index is 0.0345. The van der Waals surface area contributed by atoms with Gasteiger partial charge in [-0.2, -0.15) is 0 Å². The second-order valence-corrected chi connectivity index (χ2v) is 3.63. The van der Waals surface area contributed by atoms with E-state index in [-0.39, 0.29) is 18.7 Å². The van der Waals surface area contributed by atoms with Crippen molar-refractivity contribution in [1.29, 1.82) is 0 Å². The van der Waals surface area contributed by atoms with Gasteiger partial charge < -0.3 is 10.0 Å². The first kappa shape index (κ1) is 13.9. The number of carbonyl (C=O) groups is 2. The summed E-state index contributed by atoms with van der Waals surface area (Å²) in [6.45, 7) is 5.58. The van der Waals surface area contributed by atoms with Crippen LogP contribution >= 0.6 is 0 Å². The minimum atomic E-state index is -0.907. The lowest BCUT2D eigenvalue weighted by Crippen LogP contribution is -2.32. The standard InChI is InChI=1S/C11H21NO3/c1-3-5-9-12(8-4-2)10(13)6-7-11(14)15/h3-9H2,1-2H3,(H,14,15). The van der Waals surface area contributed by atoms with Gasteiger partial charge >= 0.3 is 5.97 Å². The van der Waals surface area contributed by atoms with Crippen LogP contribution in [0, 0.1) is 0 Å². The van der Waals surface area contributed by atoms with Gasteiger partial charge in [0.15, 0.2) is 0 Å². The SMILES string of the molecule is CCCCN(CCC)C(=O)CCC(=O)O. The largest absolute Gasteiger partial charge is 0.481 e. The molecule has 1 N–H and O–H groups in total. The highest BCUT2D eigenvalue weighted by molar-refractivity contribution is 5.80. The molecular formula is C11H21NO3. The normalized spacial score (nSPS) is 10.0. The first-order valence-electron chi connectivity index (χ1n) is 5.61. The van der Waals surface area contributed by atoms with Crippen LogP contribution in [0.1, 0.15) is 46.0 Å². The lowest BCUT2D eigenvalue weighted by molar-refractivity contribution is -0.141. The van der Waals surface area contributed by atoms with E-state index in [0.717, 1.165) is 32.4 Å². The lowest BCUT2D eigenvalue weighted by Gasteiger charge is -2.21. The number of rotatable bonds is 8. The summed E-state index contributed by atoms with van der Waals surface area (Å²) in [5.74, 6) is -0.942. The Balaban J connectivity index is 3.97. The van der Waals surface area contributed by atoms with E-state index in [1.54, 1.807) is 4.90 Å². The van der Waals surface area contributed by atoms with E-state index in [1.165, 1.54) is 0 Å². The number of carboxylic acids is 1. The number of hydrogen-bond acceptors (Lipinski definition) is 2. The van der Waals surface area contributed by atoms with Crippen molar-refractivity contribution in [2.24, 2.45) is 0 Å². The summed E-state index contributed by atoms with van der Waals surface area (Å²) in [5, 5.41) is 8.48. The monoisotopic (exact) mass is 215 g/mol. The molecule has 0 aromatic carbocycles. The topological polar surface area (TPSA) is 57.6 Å². The van der Waals surface area contributed by atoms with E-state index in [2.05, 4.69) is 6.92 Å². The summed E-state index contributed by atoms with van der Waals surface area (Å²) in [6, 6.07) is 0. The van der Waals surface area contributed by atoms with Gasteiger partial charge in [0.05, 0.1) is 6.42 Å². The lowest BCUT2D eigenvalue weighted by atomic mass is 10.2. The Labute approximate surface area is 91.3 Å². The third kappa shape index (κ3) is 6.94. The van der Waals surface area contributed by atoms with Crippen molar-refractivity contribution in [2.45, 2.75) is 46.0 Å². The molecule has 0 aliphatic carbocycles. The predicted molar refractivity (Wildman–Crippen MR) is 58.6 cm³/mol. The summed E-state index contributed by atoms with van der Waals surface area (Å²) in [5.41, 5.74) is 0. The molecular weight excluding hydrogens is 194 g/mol. The molecule has 15 heavy (non-hydrogen) atoms. The number of nitrogens with zero attached hydrogens (tertiary/aromatic N) is 1. The van der Waals surface area contributed by atoms with E-state index in [0.29, 0.717) is 0 Å². The zero-order chi connectivity index (χ0) is 11.7. The van der Waals surface area contributed by atoms with Crippen LogP contribution in [0.3, 0.4) is 0 Å². The average molecular weight is 215 g/mol. The Kier molecular flexibility index (Phi) is 7.68. The molecule has 0 aliphatic heterocycles. The van der Waals surface area contributed by atoms with Gasteiger partial charge in [-0.3, -0.25) is 9.59 Å². The Morgan fingerprint density at radius 2 is 1.73 bits per heavy atom. The summed E-state index contributed by atoms with van der Waals surface area (Å²) >= 11 is 0. The van der Waals surface area contributed by atoms with E-state index in [4.69, 9.17) is 5.11 Å². The van der Waals surface area contributed by atoms with Crippen molar-refractivity contribution in [3.8, 4) is 0 Å². The smallest absolute Gasteiger partial charge is 0.303 e. The molecule has 4 heteroatoms. The molecule has 0 atom stereocenters. The van der Waals surface area contributed by atoms with Gasteiger partial charge in [-0.1, -0.05) is 20.3 Å². The maximum atomic E-state index is 11.6. The molecule has 0 radical (unpaired) electrons. The molecule has 88 valence electrons. The minimum Gasteiger partial charge on any atom is -0.481 e. The Bertz CT molecular complexity index is 204. The van der Waals surface area contributed by atoms with Crippen LogP contribution in [-0.2, 0) is 9.59 Å². The second kappa shape index (κ2) is 8.26. The van der Waals surface area contributed by atoms with Crippen LogP contribution in [0.2, 0.25) is 0 Å². The summed E-state index contributed by atoms with van der Waals surface area (Å²) < 4.78 is 0. The van der Waals surface area contributed by atoms with E-state index in [1.807, 2.05) is 6.92 Å². The zero-order valence-corrected chi connectivity index (χ0v) is 9.66. The predicted octanol–water partition coefficient (Wildman–Crippen LogP) is 1.89. The molecule has 1 amide bonds. The highest BCUT2D eigenvalue weighted by atomic mass is 16.4. The summed E-state index contributed by atoms with van der Waals surface area (Å²) in [7, 11) is 0. The van der Waals surface area contributed by atoms with Gasteiger partial charge in [0.1, 0.15) is 0 Å². The van der Waals surface area contributed by atoms with Crippen molar-refractivity contribution in [1.82, 2.24) is 4.90 Å². The molecule has 0 heterocycles. The molecule has 0 aromatic heterocycles. The number of carbonyl (C=O) groups excluding carboxylic acids is 1. The fourth-order valence-corrected chi connectivity index (χ4v) is 1.35. The Hall–Kier alpha value is -1.06. The number of amides is 1. The van der Waals surface area contributed by atoms with E-state index < -0.39 is 5.97 Å². The first-order chi connectivity index (χ1) is 7.11. The van der Waals surface area contributed by atoms with Crippen molar-refractivity contribution in [3.05, 3.63) is 0 Å². The first-order valence-corrected chi connectivity index (χ1v) is 5.61. The highest BCUT2D eigenvalue weighted by Crippen LogP contribution is 2.02. The second-order valence-electron chi connectivity index (χ2n) is 3.63. The molecule has 4 nitrogen and oxygen atoms in total. The number of carboxylic acid groups (broad SMARTS) is 1. The van der Waals surface area contributed by atoms with Crippen LogP contribution in [-0.4, -0.2) is 35.0 Å². The molecule has 0 bridgehead atoms. The molecule has 0 saturated heterocycles. The molecule has 0 aromatic rings. The van der Waals surface area contributed by atoms with Crippen LogP contribution in [0.25, 0.3) is 0 Å². The Morgan fingerprint density at radius 3 is 2.20 bits per heavy atom. The summed E-state index contributed by atoms with van der Waals surface area (Å²) in [6.07, 6.45) is 3.01. The Morgan fingerprint density at radius 1 is 1.07 bits per heavy atom. The van der Waals surface area contributed by atoms with Gasteiger partial charge in [-0.15, -0.1) is 0 Å². The van der Waals surface area contributed by atoms with Crippen LogP contribution in [0.4, 0.5) is 0 Å². The third-order valence-electron chi connectivity index (χ3n) is 2.18. The fraction of sp³-hybridized carbons (Fsp3) is 0.818. The number of unbranched alkanes of at least 4 members (excludes halogenated alkanes) is 1. The van der Waals surface area contributed by atoms with Gasteiger partial charge in [0.25, 0.3) is 0 Å². The molecule has 0 fully saturated rings. The molecule has 0 aliphatic rings. The number of aliphatic carboxylic acids is 1. The van der Waals surface area contributed by atoms with E-state index in [9.17, 15) is 9.59 Å². The highest BCUT2D eigenvalue weighted by Gasteiger charge is 2.12. The quantitative estimate of drug-likeness (QED) is 0.672. The van der Waals surface area contributed by atoms with Crippen LogP contribution in [0.5, 0.6) is 0 Å². The average Bonchev–Trinajstić information content (AvgIpc) is 2.20. The molecule has 0 spiro atoms. The summed E-state index contributed by atoms with van der Waals surface area (Å²) in [4.78, 5) is 23.7. The zero-order valence-electron chi connectivity index (χ0n) is 9.66. The fourth-order valence-electron chi connectivity index (χ4n) is 1.35. The van der Waals surface area contributed by atoms with E-state index >= 15 is 0 Å². The molecule has 0 unspecified atom stereocenters. The van der Waals surface area contributed by atoms with Crippen LogP contribution in [0.15, 0.2) is 0 Å². The van der Waals surface area contributed by atoms with Crippen molar-refractivity contribution in [3.63, 3.8) is 0 Å². The molecule has 0 saturated carbocycles. The van der Waals surface area contributed by atoms with Gasteiger partial charge in [-0.25, -0.2) is 0 Å². The van der Waals surface area contributed by atoms with Crippen molar-refractivity contribution < 1.29 is 14.7 Å². The molecule has 0 rings (SSSR count). The van der Waals surface area contributed by atoms with Gasteiger partial charge in [0, 0.05) is 19.5 Å².